The molecule has 2 heteroatoms. The molecular formula is C48H32N2. The van der Waals surface area contributed by atoms with Crippen LogP contribution < -0.4 is 0 Å². The van der Waals surface area contributed by atoms with Crippen LogP contribution in [0.4, 0.5) is 0 Å². The Morgan fingerprint density at radius 3 is 1.58 bits per heavy atom. The Morgan fingerprint density at radius 2 is 0.840 bits per heavy atom. The second kappa shape index (κ2) is 11.5. The fraction of sp³-hybridized carbons (Fsp3) is 0. The first-order chi connectivity index (χ1) is 24.8. The molecule has 234 valence electrons. The maximum absolute atomic E-state index is 2.48. The van der Waals surface area contributed by atoms with Gasteiger partial charge in [-0.15, -0.1) is 0 Å². The van der Waals surface area contributed by atoms with Crippen LogP contribution in [0.3, 0.4) is 0 Å². The van der Waals surface area contributed by atoms with Crippen molar-refractivity contribution < 1.29 is 0 Å². The van der Waals surface area contributed by atoms with Gasteiger partial charge in [-0.1, -0.05) is 158 Å². The van der Waals surface area contributed by atoms with Crippen LogP contribution in [0.1, 0.15) is 0 Å². The predicted molar refractivity (Wildman–Crippen MR) is 211 cm³/mol. The molecule has 0 saturated heterocycles. The number of para-hydroxylation sites is 4. The fourth-order valence-corrected chi connectivity index (χ4v) is 7.88. The van der Waals surface area contributed by atoms with E-state index in [0.717, 1.165) is 11.4 Å². The molecule has 0 atom stereocenters. The summed E-state index contributed by atoms with van der Waals surface area (Å²) in [5, 5.41) is 5.00. The Morgan fingerprint density at radius 1 is 0.280 bits per heavy atom. The third-order valence-electron chi connectivity index (χ3n) is 10.1. The largest absolute Gasteiger partial charge is 0.309 e. The molecule has 0 N–H and O–H groups in total. The van der Waals surface area contributed by atoms with Crippen LogP contribution in [-0.4, -0.2) is 9.13 Å². The van der Waals surface area contributed by atoms with Crippen LogP contribution in [0, 0.1) is 0 Å². The van der Waals surface area contributed by atoms with Crippen molar-refractivity contribution in [1.82, 2.24) is 9.13 Å². The molecule has 0 aliphatic rings. The Labute approximate surface area is 290 Å². The second-order valence-corrected chi connectivity index (χ2v) is 12.9. The Balaban J connectivity index is 1.29. The van der Waals surface area contributed by atoms with E-state index in [2.05, 4.69) is 203 Å². The number of fused-ring (bicyclic) bond motifs is 6. The van der Waals surface area contributed by atoms with E-state index in [1.54, 1.807) is 0 Å². The summed E-state index contributed by atoms with van der Waals surface area (Å²) in [6, 6.07) is 70.4. The fourth-order valence-electron chi connectivity index (χ4n) is 7.88. The van der Waals surface area contributed by atoms with E-state index in [4.69, 9.17) is 0 Å². The first-order valence-corrected chi connectivity index (χ1v) is 17.2. The lowest BCUT2D eigenvalue weighted by atomic mass is 9.97. The minimum Gasteiger partial charge on any atom is -0.309 e. The Hall–Kier alpha value is -6.64. The molecule has 0 bridgehead atoms. The summed E-state index contributed by atoms with van der Waals surface area (Å²) < 4.78 is 4.91. The van der Waals surface area contributed by atoms with Crippen LogP contribution in [0.5, 0.6) is 0 Å². The smallest absolute Gasteiger partial charge is 0.0619 e. The van der Waals surface area contributed by atoms with Gasteiger partial charge in [0.05, 0.1) is 27.8 Å². The quantitative estimate of drug-likeness (QED) is 0.178. The first kappa shape index (κ1) is 28.4. The summed E-state index contributed by atoms with van der Waals surface area (Å²) in [6.45, 7) is 0. The molecule has 0 amide bonds. The number of benzene rings is 8. The van der Waals surface area contributed by atoms with Gasteiger partial charge in [-0.05, 0) is 58.7 Å². The molecule has 0 radical (unpaired) electrons. The minimum atomic E-state index is 1.16. The van der Waals surface area contributed by atoms with Crippen molar-refractivity contribution in [3.63, 3.8) is 0 Å². The zero-order valence-corrected chi connectivity index (χ0v) is 27.4. The SMILES string of the molecule is c1ccc(-c2ccc(-c3ccccc3)c(-n3c4ccccc4c4ccc(-c5cccc6c7ccccc7n(-c7ccccc7)c56)cc43)c2)cc1. The second-order valence-electron chi connectivity index (χ2n) is 12.9. The van der Waals surface area contributed by atoms with E-state index in [1.807, 2.05) is 0 Å². The molecule has 2 aromatic heterocycles. The highest BCUT2D eigenvalue weighted by molar-refractivity contribution is 6.15. The molecule has 10 aromatic rings. The van der Waals surface area contributed by atoms with Gasteiger partial charge in [0.2, 0.25) is 0 Å². The third kappa shape index (κ3) is 4.43. The van der Waals surface area contributed by atoms with Gasteiger partial charge < -0.3 is 9.13 Å². The van der Waals surface area contributed by atoms with Crippen molar-refractivity contribution in [2.24, 2.45) is 0 Å². The van der Waals surface area contributed by atoms with Crippen LogP contribution in [-0.2, 0) is 0 Å². The van der Waals surface area contributed by atoms with Gasteiger partial charge >= 0.3 is 0 Å². The molecule has 0 spiro atoms. The normalized spacial score (nSPS) is 11.6. The van der Waals surface area contributed by atoms with Crippen molar-refractivity contribution in [3.8, 4) is 44.8 Å². The molecule has 0 fully saturated rings. The Kier molecular flexibility index (Phi) is 6.53. The number of hydrogen-bond acceptors (Lipinski definition) is 0. The van der Waals surface area contributed by atoms with E-state index in [0.29, 0.717) is 0 Å². The molecule has 10 rings (SSSR count). The summed E-state index contributed by atoms with van der Waals surface area (Å²) >= 11 is 0. The van der Waals surface area contributed by atoms with E-state index in [1.165, 1.54) is 77.0 Å². The van der Waals surface area contributed by atoms with Gasteiger partial charge in [0.1, 0.15) is 0 Å². The Bertz CT molecular complexity index is 2840. The highest BCUT2D eigenvalue weighted by Gasteiger charge is 2.20. The number of hydrogen-bond donors (Lipinski definition) is 0. The molecule has 0 unspecified atom stereocenters. The lowest BCUT2D eigenvalue weighted by Crippen LogP contribution is -1.99. The molecule has 0 saturated carbocycles. The van der Waals surface area contributed by atoms with E-state index >= 15 is 0 Å². The van der Waals surface area contributed by atoms with Crippen LogP contribution >= 0.6 is 0 Å². The molecule has 2 heterocycles. The van der Waals surface area contributed by atoms with Crippen molar-refractivity contribution in [2.45, 2.75) is 0 Å². The lowest BCUT2D eigenvalue weighted by molar-refractivity contribution is 1.18. The third-order valence-corrected chi connectivity index (χ3v) is 10.1. The van der Waals surface area contributed by atoms with Gasteiger partial charge in [-0.3, -0.25) is 0 Å². The standard InChI is InChI=1S/C48H32N2/c1-4-15-33(16-5-1)35-27-29-38(34-17-6-2-7-18-34)46(31-35)50-45-26-13-10-21-40(45)42-30-28-36(32-47(42)50)39-23-14-24-43-41-22-11-12-25-44(41)49(48(39)43)37-19-8-3-9-20-37/h1-32H. The molecule has 0 aliphatic carbocycles. The van der Waals surface area contributed by atoms with Gasteiger partial charge in [-0.2, -0.15) is 0 Å². The van der Waals surface area contributed by atoms with Crippen molar-refractivity contribution in [2.75, 3.05) is 0 Å². The highest BCUT2D eigenvalue weighted by Crippen LogP contribution is 2.42. The number of aromatic nitrogens is 2. The summed E-state index contributed by atoms with van der Waals surface area (Å²) in [6.07, 6.45) is 0. The first-order valence-electron chi connectivity index (χ1n) is 17.2. The van der Waals surface area contributed by atoms with E-state index in [-0.39, 0.29) is 0 Å². The average molecular weight is 637 g/mol. The number of nitrogens with zero attached hydrogens (tertiary/aromatic N) is 2. The molecule has 2 nitrogen and oxygen atoms in total. The highest BCUT2D eigenvalue weighted by atomic mass is 15.0. The van der Waals surface area contributed by atoms with Crippen LogP contribution in [0.25, 0.3) is 88.4 Å². The van der Waals surface area contributed by atoms with Crippen LogP contribution in [0.2, 0.25) is 0 Å². The molecule has 50 heavy (non-hydrogen) atoms. The van der Waals surface area contributed by atoms with Crippen molar-refractivity contribution in [3.05, 3.63) is 194 Å². The summed E-state index contributed by atoms with van der Waals surface area (Å²) in [5.74, 6) is 0. The summed E-state index contributed by atoms with van der Waals surface area (Å²) in [5.41, 5.74) is 14.3. The minimum absolute atomic E-state index is 1.16. The maximum Gasteiger partial charge on any atom is 0.0619 e. The zero-order chi connectivity index (χ0) is 33.0. The van der Waals surface area contributed by atoms with Gasteiger partial charge in [0.15, 0.2) is 0 Å². The van der Waals surface area contributed by atoms with Gasteiger partial charge in [0, 0.05) is 38.4 Å². The predicted octanol–water partition coefficient (Wildman–Crippen LogP) is 12.9. The summed E-state index contributed by atoms with van der Waals surface area (Å²) in [4.78, 5) is 0. The van der Waals surface area contributed by atoms with E-state index in [9.17, 15) is 0 Å². The van der Waals surface area contributed by atoms with Crippen molar-refractivity contribution >= 4 is 43.6 Å². The van der Waals surface area contributed by atoms with Crippen molar-refractivity contribution in [1.29, 1.82) is 0 Å². The summed E-state index contributed by atoms with van der Waals surface area (Å²) in [7, 11) is 0. The molecule has 0 aliphatic heterocycles. The van der Waals surface area contributed by atoms with Gasteiger partial charge in [-0.25, -0.2) is 0 Å². The average Bonchev–Trinajstić information content (AvgIpc) is 3.71. The lowest BCUT2D eigenvalue weighted by Gasteiger charge is -2.17. The van der Waals surface area contributed by atoms with Crippen LogP contribution in [0.15, 0.2) is 194 Å². The maximum atomic E-state index is 2.48. The van der Waals surface area contributed by atoms with Gasteiger partial charge in [0.25, 0.3) is 0 Å². The zero-order valence-electron chi connectivity index (χ0n) is 27.4. The molecule has 8 aromatic carbocycles. The monoisotopic (exact) mass is 636 g/mol. The topological polar surface area (TPSA) is 9.86 Å². The molecular weight excluding hydrogens is 605 g/mol. The number of rotatable bonds is 5. The van der Waals surface area contributed by atoms with E-state index < -0.39 is 0 Å².